The topological polar surface area (TPSA) is 53.4 Å². The number of rotatable bonds is 8. The molecular formula is C26H23F3N2O3S. The molecule has 0 bridgehead atoms. The van der Waals surface area contributed by atoms with Crippen LogP contribution in [0.2, 0.25) is 0 Å². The van der Waals surface area contributed by atoms with Crippen molar-refractivity contribution in [2.24, 2.45) is 0 Å². The first-order chi connectivity index (χ1) is 16.7. The van der Waals surface area contributed by atoms with Gasteiger partial charge >= 0.3 is 12.1 Å². The van der Waals surface area contributed by atoms with Gasteiger partial charge in [0, 0.05) is 22.2 Å². The molecule has 5 nitrogen and oxygen atoms in total. The molecule has 4 rings (SSSR count). The Hall–Kier alpha value is -3.46. The molecule has 3 aromatic carbocycles. The standard InChI is InChI=1S/C26H23F3N2O3S/c1-3-33-25(32)15-34-24-11-10-22(12-17(24)2)35-16-18-4-5-19-14-31(30-23(19)13-18)21-8-6-20(7-9-21)26(27,28)29/h4-14H,3,15-16H2,1-2H3. The lowest BCUT2D eigenvalue weighted by molar-refractivity contribution is -0.145. The largest absolute Gasteiger partial charge is 0.482 e. The molecule has 0 spiro atoms. The Morgan fingerprint density at radius 2 is 1.83 bits per heavy atom. The maximum absolute atomic E-state index is 12.8. The third kappa shape index (κ3) is 6.16. The van der Waals surface area contributed by atoms with E-state index in [9.17, 15) is 18.0 Å². The van der Waals surface area contributed by atoms with E-state index in [1.807, 2.05) is 43.3 Å². The van der Waals surface area contributed by atoms with Crippen molar-refractivity contribution in [2.75, 3.05) is 13.2 Å². The smallest absolute Gasteiger partial charge is 0.416 e. The minimum atomic E-state index is -4.37. The number of hydrogen-bond acceptors (Lipinski definition) is 5. The predicted molar refractivity (Wildman–Crippen MR) is 129 cm³/mol. The van der Waals surface area contributed by atoms with Crippen LogP contribution in [0.25, 0.3) is 16.6 Å². The van der Waals surface area contributed by atoms with Crippen LogP contribution < -0.4 is 4.74 Å². The predicted octanol–water partition coefficient (Wildman–Crippen LogP) is 6.59. The molecule has 0 saturated carbocycles. The number of alkyl halides is 3. The van der Waals surface area contributed by atoms with Crippen molar-refractivity contribution < 1.29 is 27.4 Å². The van der Waals surface area contributed by atoms with E-state index in [1.165, 1.54) is 12.1 Å². The number of aromatic nitrogens is 2. The van der Waals surface area contributed by atoms with Crippen molar-refractivity contribution in [1.29, 1.82) is 0 Å². The van der Waals surface area contributed by atoms with E-state index < -0.39 is 17.7 Å². The normalized spacial score (nSPS) is 11.6. The van der Waals surface area contributed by atoms with Crippen molar-refractivity contribution >= 4 is 28.6 Å². The number of carbonyl (C=O) groups excluding carboxylic acids is 1. The Bertz CT molecular complexity index is 1330. The van der Waals surface area contributed by atoms with Crippen LogP contribution in [0.1, 0.15) is 23.6 Å². The minimum Gasteiger partial charge on any atom is -0.482 e. The Morgan fingerprint density at radius 3 is 2.51 bits per heavy atom. The van der Waals surface area contributed by atoms with E-state index in [0.717, 1.165) is 39.1 Å². The molecule has 0 fully saturated rings. The Labute approximate surface area is 204 Å². The van der Waals surface area contributed by atoms with Gasteiger partial charge in [0.15, 0.2) is 6.61 Å². The first-order valence-electron chi connectivity index (χ1n) is 10.9. The summed E-state index contributed by atoms with van der Waals surface area (Å²) < 4.78 is 50.4. The summed E-state index contributed by atoms with van der Waals surface area (Å²) in [5.41, 5.74) is 2.63. The molecule has 0 aliphatic heterocycles. The summed E-state index contributed by atoms with van der Waals surface area (Å²) in [7, 11) is 0. The van der Waals surface area contributed by atoms with Crippen molar-refractivity contribution in [1.82, 2.24) is 9.78 Å². The van der Waals surface area contributed by atoms with Gasteiger partial charge in [-0.05, 0) is 73.5 Å². The Morgan fingerprint density at radius 1 is 1.06 bits per heavy atom. The third-order valence-electron chi connectivity index (χ3n) is 5.23. The highest BCUT2D eigenvalue weighted by Gasteiger charge is 2.30. The quantitative estimate of drug-likeness (QED) is 0.202. The lowest BCUT2D eigenvalue weighted by Crippen LogP contribution is -2.14. The highest BCUT2D eigenvalue weighted by atomic mass is 32.2. The van der Waals surface area contributed by atoms with Gasteiger partial charge in [-0.15, -0.1) is 11.8 Å². The Kier molecular flexibility index (Phi) is 7.35. The Balaban J connectivity index is 1.41. The lowest BCUT2D eigenvalue weighted by Gasteiger charge is -2.10. The fraction of sp³-hybridized carbons (Fsp3) is 0.231. The van der Waals surface area contributed by atoms with Gasteiger partial charge in [-0.25, -0.2) is 9.48 Å². The van der Waals surface area contributed by atoms with Crippen molar-refractivity contribution in [3.05, 3.63) is 83.6 Å². The number of hydrogen-bond donors (Lipinski definition) is 0. The second-order valence-electron chi connectivity index (χ2n) is 7.82. The summed E-state index contributed by atoms with van der Waals surface area (Å²) in [4.78, 5) is 12.5. The molecule has 9 heteroatoms. The number of esters is 1. The molecular weight excluding hydrogens is 477 g/mol. The minimum absolute atomic E-state index is 0.125. The van der Waals surface area contributed by atoms with Gasteiger partial charge in [0.1, 0.15) is 5.75 Å². The molecule has 1 aromatic heterocycles. The zero-order valence-electron chi connectivity index (χ0n) is 19.1. The molecule has 0 radical (unpaired) electrons. The maximum atomic E-state index is 12.8. The molecule has 0 saturated heterocycles. The van der Waals surface area contributed by atoms with Crippen molar-refractivity contribution in [3.63, 3.8) is 0 Å². The van der Waals surface area contributed by atoms with Crippen LogP contribution in [0.3, 0.4) is 0 Å². The number of aryl methyl sites for hydroxylation is 1. The van der Waals surface area contributed by atoms with Gasteiger partial charge in [0.05, 0.1) is 23.4 Å². The van der Waals surface area contributed by atoms with Crippen molar-refractivity contribution in [3.8, 4) is 11.4 Å². The SMILES string of the molecule is CCOC(=O)COc1ccc(SCc2ccc3cn(-c4ccc(C(F)(F)F)cc4)nc3c2)cc1C. The van der Waals surface area contributed by atoms with Crippen LogP contribution >= 0.6 is 11.8 Å². The number of carbonyl (C=O) groups is 1. The van der Waals surface area contributed by atoms with Crippen LogP contribution in [-0.4, -0.2) is 29.0 Å². The third-order valence-corrected chi connectivity index (χ3v) is 6.30. The first kappa shape index (κ1) is 24.7. The lowest BCUT2D eigenvalue weighted by atomic mass is 10.2. The van der Waals surface area contributed by atoms with Crippen LogP contribution in [-0.2, 0) is 21.5 Å². The molecule has 0 unspecified atom stereocenters. The van der Waals surface area contributed by atoms with Crippen molar-refractivity contribution in [2.45, 2.75) is 30.7 Å². The number of nitrogens with zero attached hydrogens (tertiary/aromatic N) is 2. The highest BCUT2D eigenvalue weighted by molar-refractivity contribution is 7.98. The summed E-state index contributed by atoms with van der Waals surface area (Å²) in [6.07, 6.45) is -2.57. The molecule has 35 heavy (non-hydrogen) atoms. The summed E-state index contributed by atoms with van der Waals surface area (Å²) in [5, 5.41) is 5.44. The molecule has 0 amide bonds. The zero-order valence-corrected chi connectivity index (χ0v) is 19.9. The second-order valence-corrected chi connectivity index (χ2v) is 8.87. The van der Waals surface area contributed by atoms with E-state index in [1.54, 1.807) is 29.6 Å². The van der Waals surface area contributed by atoms with Gasteiger partial charge in [0.25, 0.3) is 0 Å². The molecule has 0 N–H and O–H groups in total. The van der Waals surface area contributed by atoms with Crippen LogP contribution in [0.4, 0.5) is 13.2 Å². The number of fused-ring (bicyclic) bond motifs is 1. The van der Waals surface area contributed by atoms with E-state index in [0.29, 0.717) is 23.8 Å². The molecule has 182 valence electrons. The highest BCUT2D eigenvalue weighted by Crippen LogP contribution is 2.31. The molecule has 0 aliphatic rings. The van der Waals surface area contributed by atoms with Gasteiger partial charge in [-0.3, -0.25) is 0 Å². The monoisotopic (exact) mass is 500 g/mol. The summed E-state index contributed by atoms with van der Waals surface area (Å²) in [5.74, 6) is 0.949. The van der Waals surface area contributed by atoms with Gasteiger partial charge in [0.2, 0.25) is 0 Å². The van der Waals surface area contributed by atoms with E-state index >= 15 is 0 Å². The molecule has 1 heterocycles. The fourth-order valence-corrected chi connectivity index (χ4v) is 4.40. The van der Waals surface area contributed by atoms with E-state index in [2.05, 4.69) is 5.10 Å². The van der Waals surface area contributed by atoms with Crippen LogP contribution in [0.5, 0.6) is 5.75 Å². The molecule has 0 aliphatic carbocycles. The number of benzene rings is 3. The zero-order chi connectivity index (χ0) is 25.0. The number of thioether (sulfide) groups is 1. The summed E-state index contributed by atoms with van der Waals surface area (Å²) in [6, 6.07) is 16.7. The van der Waals surface area contributed by atoms with E-state index in [4.69, 9.17) is 9.47 Å². The second kappa shape index (κ2) is 10.4. The van der Waals surface area contributed by atoms with Gasteiger partial charge < -0.3 is 9.47 Å². The average molecular weight is 501 g/mol. The van der Waals surface area contributed by atoms with Crippen LogP contribution in [0, 0.1) is 6.92 Å². The number of halogens is 3. The molecule has 0 atom stereocenters. The summed E-state index contributed by atoms with van der Waals surface area (Å²) >= 11 is 1.66. The number of ether oxygens (including phenoxy) is 2. The summed E-state index contributed by atoms with van der Waals surface area (Å²) in [6.45, 7) is 3.86. The molecule has 4 aromatic rings. The fourth-order valence-electron chi connectivity index (χ4n) is 3.47. The maximum Gasteiger partial charge on any atom is 0.416 e. The first-order valence-corrected chi connectivity index (χ1v) is 11.9. The van der Waals surface area contributed by atoms with Crippen LogP contribution in [0.15, 0.2) is 71.8 Å². The van der Waals surface area contributed by atoms with Gasteiger partial charge in [-0.2, -0.15) is 18.3 Å². The average Bonchev–Trinajstić information content (AvgIpc) is 3.25. The van der Waals surface area contributed by atoms with E-state index in [-0.39, 0.29) is 6.61 Å². The van der Waals surface area contributed by atoms with Gasteiger partial charge in [-0.1, -0.05) is 12.1 Å².